The van der Waals surface area contributed by atoms with E-state index in [2.05, 4.69) is 49.4 Å². The number of rotatable bonds is 2. The highest BCUT2D eigenvalue weighted by Crippen LogP contribution is 2.24. The molecule has 2 aromatic carbocycles. The van der Waals surface area contributed by atoms with E-state index in [9.17, 15) is 0 Å². The normalized spacial score (nSPS) is 11.4. The van der Waals surface area contributed by atoms with Gasteiger partial charge in [-0.3, -0.25) is 0 Å². The fourth-order valence-corrected chi connectivity index (χ4v) is 2.07. The zero-order chi connectivity index (χ0) is 12.5. The van der Waals surface area contributed by atoms with Crippen molar-refractivity contribution in [1.29, 1.82) is 5.26 Å². The lowest BCUT2D eigenvalue weighted by Gasteiger charge is -2.15. The van der Waals surface area contributed by atoms with Gasteiger partial charge < -0.3 is 0 Å². The monoisotopic (exact) mass is 223 g/mol. The molecular weight excluding hydrogens is 206 g/mol. The molecule has 0 unspecified atom stereocenters. The minimum atomic E-state index is -0.293. The second-order valence-corrected chi connectivity index (χ2v) is 5.36. The third-order valence-corrected chi connectivity index (χ3v) is 3.01. The van der Waals surface area contributed by atoms with E-state index in [0.717, 1.165) is 6.42 Å². The quantitative estimate of drug-likeness (QED) is 0.747. The number of fused-ring (bicyclic) bond motifs is 1. The first kappa shape index (κ1) is 11.7. The van der Waals surface area contributed by atoms with Gasteiger partial charge >= 0.3 is 0 Å². The Morgan fingerprint density at radius 2 is 1.71 bits per heavy atom. The molecule has 0 aromatic heterocycles. The van der Waals surface area contributed by atoms with E-state index in [1.165, 1.54) is 21.9 Å². The smallest absolute Gasteiger partial charge is 0.0687 e. The molecule has 0 heterocycles. The maximum Gasteiger partial charge on any atom is 0.0687 e. The molecule has 86 valence electrons. The zero-order valence-electron chi connectivity index (χ0n) is 10.6. The Morgan fingerprint density at radius 1 is 1.06 bits per heavy atom. The van der Waals surface area contributed by atoms with Crippen LogP contribution in [0.2, 0.25) is 0 Å². The highest BCUT2D eigenvalue weighted by molar-refractivity contribution is 5.83. The van der Waals surface area contributed by atoms with Gasteiger partial charge in [-0.15, -0.1) is 0 Å². The number of nitrogens with zero attached hydrogens (tertiary/aromatic N) is 1. The van der Waals surface area contributed by atoms with E-state index in [4.69, 9.17) is 5.26 Å². The maximum atomic E-state index is 9.06. The molecule has 0 fully saturated rings. The lowest BCUT2D eigenvalue weighted by molar-refractivity contribution is 0.494. The van der Waals surface area contributed by atoms with Crippen LogP contribution in [0.4, 0.5) is 0 Å². The van der Waals surface area contributed by atoms with Gasteiger partial charge in [-0.25, -0.2) is 0 Å². The number of hydrogen-bond acceptors (Lipinski definition) is 1. The summed E-state index contributed by atoms with van der Waals surface area (Å²) in [5.41, 5.74) is 2.22. The highest BCUT2D eigenvalue weighted by atomic mass is 14.3. The van der Waals surface area contributed by atoms with Gasteiger partial charge in [-0.05, 0) is 43.5 Å². The van der Waals surface area contributed by atoms with Crippen LogP contribution in [-0.2, 0) is 6.42 Å². The van der Waals surface area contributed by atoms with E-state index >= 15 is 0 Å². The molecule has 17 heavy (non-hydrogen) atoms. The van der Waals surface area contributed by atoms with Crippen molar-refractivity contribution < 1.29 is 0 Å². The molecular formula is C16H17N. The molecule has 1 heteroatoms. The summed E-state index contributed by atoms with van der Waals surface area (Å²) in [6.07, 6.45) is 0.799. The molecule has 0 saturated heterocycles. The fraction of sp³-hybridized carbons (Fsp3) is 0.312. The lowest BCUT2D eigenvalue weighted by Crippen LogP contribution is -2.11. The van der Waals surface area contributed by atoms with Crippen molar-refractivity contribution in [3.63, 3.8) is 0 Å². The molecule has 0 radical (unpaired) electrons. The molecule has 0 aliphatic rings. The first-order valence-corrected chi connectivity index (χ1v) is 5.91. The Balaban J connectivity index is 2.39. The van der Waals surface area contributed by atoms with Crippen LogP contribution < -0.4 is 0 Å². The fourth-order valence-electron chi connectivity index (χ4n) is 2.07. The molecule has 0 N–H and O–H groups in total. The number of hydrogen-bond donors (Lipinski definition) is 0. The van der Waals surface area contributed by atoms with Crippen LogP contribution in [0, 0.1) is 23.7 Å². The predicted molar refractivity (Wildman–Crippen MR) is 71.8 cm³/mol. The van der Waals surface area contributed by atoms with Crippen LogP contribution >= 0.6 is 0 Å². The number of benzene rings is 2. The van der Waals surface area contributed by atoms with Gasteiger partial charge in [0.1, 0.15) is 0 Å². The predicted octanol–water partition coefficient (Wildman–Crippen LogP) is 4.24. The Morgan fingerprint density at radius 3 is 2.41 bits per heavy atom. The second kappa shape index (κ2) is 4.22. The average Bonchev–Trinajstić information content (AvgIpc) is 2.29. The van der Waals surface area contributed by atoms with Crippen molar-refractivity contribution >= 4 is 10.8 Å². The summed E-state index contributed by atoms with van der Waals surface area (Å²) >= 11 is 0. The SMILES string of the molecule is Cc1ccc2cc(CC(C)(C)C#N)ccc2c1. The molecule has 0 amide bonds. The minimum Gasteiger partial charge on any atom is -0.198 e. The van der Waals surface area contributed by atoms with Crippen LogP contribution in [0.25, 0.3) is 10.8 Å². The van der Waals surface area contributed by atoms with E-state index in [1.54, 1.807) is 0 Å². The van der Waals surface area contributed by atoms with Crippen LogP contribution in [0.3, 0.4) is 0 Å². The Labute approximate surface area is 103 Å². The zero-order valence-corrected chi connectivity index (χ0v) is 10.6. The topological polar surface area (TPSA) is 23.8 Å². The average molecular weight is 223 g/mol. The van der Waals surface area contributed by atoms with Gasteiger partial charge in [-0.1, -0.05) is 42.0 Å². The van der Waals surface area contributed by atoms with Gasteiger partial charge in [-0.2, -0.15) is 5.26 Å². The van der Waals surface area contributed by atoms with Crippen molar-refractivity contribution in [2.75, 3.05) is 0 Å². The van der Waals surface area contributed by atoms with E-state index in [1.807, 2.05) is 13.8 Å². The molecule has 0 aliphatic carbocycles. The van der Waals surface area contributed by atoms with Crippen molar-refractivity contribution in [2.24, 2.45) is 5.41 Å². The highest BCUT2D eigenvalue weighted by Gasteiger charge is 2.17. The number of nitriles is 1. The summed E-state index contributed by atoms with van der Waals surface area (Å²) < 4.78 is 0. The van der Waals surface area contributed by atoms with E-state index in [0.29, 0.717) is 0 Å². The van der Waals surface area contributed by atoms with Crippen LogP contribution in [0.15, 0.2) is 36.4 Å². The van der Waals surface area contributed by atoms with Gasteiger partial charge in [0.25, 0.3) is 0 Å². The van der Waals surface area contributed by atoms with E-state index in [-0.39, 0.29) is 5.41 Å². The van der Waals surface area contributed by atoms with Gasteiger partial charge in [0.05, 0.1) is 11.5 Å². The Kier molecular flexibility index (Phi) is 2.90. The van der Waals surface area contributed by atoms with E-state index < -0.39 is 0 Å². The lowest BCUT2D eigenvalue weighted by atomic mass is 9.87. The first-order chi connectivity index (χ1) is 8.00. The summed E-state index contributed by atoms with van der Waals surface area (Å²) in [5.74, 6) is 0. The Hall–Kier alpha value is -1.81. The molecule has 2 rings (SSSR count). The third-order valence-electron chi connectivity index (χ3n) is 3.01. The van der Waals surface area contributed by atoms with Crippen LogP contribution in [0.1, 0.15) is 25.0 Å². The summed E-state index contributed by atoms with van der Waals surface area (Å²) in [6, 6.07) is 15.3. The minimum absolute atomic E-state index is 0.293. The summed E-state index contributed by atoms with van der Waals surface area (Å²) in [4.78, 5) is 0. The van der Waals surface area contributed by atoms with Crippen molar-refractivity contribution in [1.82, 2.24) is 0 Å². The summed E-state index contributed by atoms with van der Waals surface area (Å²) in [5, 5.41) is 11.6. The van der Waals surface area contributed by atoms with Crippen molar-refractivity contribution in [3.05, 3.63) is 47.5 Å². The van der Waals surface area contributed by atoms with Gasteiger partial charge in [0.15, 0.2) is 0 Å². The standard InChI is InChI=1S/C16H17N/c1-12-4-6-15-9-13(5-7-14(15)8-12)10-16(2,3)11-17/h4-9H,10H2,1-3H3. The molecule has 0 bridgehead atoms. The third kappa shape index (κ3) is 2.65. The molecule has 1 nitrogen and oxygen atoms in total. The van der Waals surface area contributed by atoms with Crippen molar-refractivity contribution in [2.45, 2.75) is 27.2 Å². The molecule has 0 saturated carbocycles. The molecule has 0 spiro atoms. The number of aryl methyl sites for hydroxylation is 1. The summed E-state index contributed by atoms with van der Waals surface area (Å²) in [6.45, 7) is 6.06. The van der Waals surface area contributed by atoms with Crippen LogP contribution in [-0.4, -0.2) is 0 Å². The molecule has 0 atom stereocenters. The largest absolute Gasteiger partial charge is 0.198 e. The summed E-state index contributed by atoms with van der Waals surface area (Å²) in [7, 11) is 0. The maximum absolute atomic E-state index is 9.06. The van der Waals surface area contributed by atoms with Gasteiger partial charge in [0.2, 0.25) is 0 Å². The first-order valence-electron chi connectivity index (χ1n) is 5.91. The molecule has 2 aromatic rings. The van der Waals surface area contributed by atoms with Crippen molar-refractivity contribution in [3.8, 4) is 6.07 Å². The Bertz CT molecular complexity index is 588. The van der Waals surface area contributed by atoms with Gasteiger partial charge in [0, 0.05) is 0 Å². The van der Waals surface area contributed by atoms with Crippen LogP contribution in [0.5, 0.6) is 0 Å². The second-order valence-electron chi connectivity index (χ2n) is 5.36. The molecule has 0 aliphatic heterocycles.